The van der Waals surface area contributed by atoms with Crippen LogP contribution in [0.4, 0.5) is 32.2 Å². The molecule has 132 valence electrons. The summed E-state index contributed by atoms with van der Waals surface area (Å²) < 4.78 is 78.7. The first-order chi connectivity index (χ1) is 10.7. The van der Waals surface area contributed by atoms with E-state index in [0.717, 1.165) is 16.8 Å². The normalized spacial score (nSPS) is 13.4. The molecule has 0 aliphatic carbocycles. The third kappa shape index (κ3) is 3.34. The van der Waals surface area contributed by atoms with Crippen LogP contribution in [0.1, 0.15) is 32.0 Å². The number of hydrogen-bond donors (Lipinski definition) is 1. The van der Waals surface area contributed by atoms with E-state index < -0.39 is 34.7 Å². The molecular formula is C15H15F6N3. The summed E-state index contributed by atoms with van der Waals surface area (Å²) in [7, 11) is 0. The minimum atomic E-state index is -4.79. The molecule has 9 heteroatoms. The minimum Gasteiger partial charge on any atom is -0.383 e. The number of nitrogens with two attached hydrogens (primary N) is 1. The smallest absolute Gasteiger partial charge is 0.383 e. The van der Waals surface area contributed by atoms with Crippen LogP contribution in [0.3, 0.4) is 0 Å². The maximum Gasteiger partial charge on any atom is 0.435 e. The van der Waals surface area contributed by atoms with Gasteiger partial charge in [-0.2, -0.15) is 31.4 Å². The largest absolute Gasteiger partial charge is 0.435 e. The van der Waals surface area contributed by atoms with Gasteiger partial charge in [-0.05, 0) is 38.5 Å². The van der Waals surface area contributed by atoms with Crippen LogP contribution in [0.15, 0.2) is 24.3 Å². The molecule has 0 aliphatic rings. The summed E-state index contributed by atoms with van der Waals surface area (Å²) in [5.41, 5.74) is 2.31. The van der Waals surface area contributed by atoms with E-state index in [0.29, 0.717) is 12.1 Å². The van der Waals surface area contributed by atoms with E-state index in [4.69, 9.17) is 5.73 Å². The number of halogens is 6. The fourth-order valence-corrected chi connectivity index (χ4v) is 2.25. The van der Waals surface area contributed by atoms with Crippen LogP contribution in [0, 0.1) is 0 Å². The minimum absolute atomic E-state index is 0.0803. The zero-order valence-corrected chi connectivity index (χ0v) is 13.0. The van der Waals surface area contributed by atoms with Gasteiger partial charge in [0.05, 0.1) is 16.7 Å². The van der Waals surface area contributed by atoms with Gasteiger partial charge in [0.15, 0.2) is 5.69 Å². The predicted molar refractivity (Wildman–Crippen MR) is 77.1 cm³/mol. The summed E-state index contributed by atoms with van der Waals surface area (Å²) in [6.07, 6.45) is -9.37. The van der Waals surface area contributed by atoms with Gasteiger partial charge in [0.25, 0.3) is 0 Å². The highest BCUT2D eigenvalue weighted by atomic mass is 19.4. The summed E-state index contributed by atoms with van der Waals surface area (Å²) in [4.78, 5) is 0. The fourth-order valence-electron chi connectivity index (χ4n) is 2.25. The van der Waals surface area contributed by atoms with Crippen molar-refractivity contribution in [2.24, 2.45) is 0 Å². The summed E-state index contributed by atoms with van der Waals surface area (Å²) in [5.74, 6) is -0.255. The Hall–Kier alpha value is -2.19. The fraction of sp³-hybridized carbons (Fsp3) is 0.400. The van der Waals surface area contributed by atoms with Crippen molar-refractivity contribution in [3.05, 3.63) is 35.5 Å². The summed E-state index contributed by atoms with van der Waals surface area (Å²) >= 11 is 0. The van der Waals surface area contributed by atoms with Gasteiger partial charge in [-0.15, -0.1) is 0 Å². The van der Waals surface area contributed by atoms with Crippen molar-refractivity contribution < 1.29 is 26.3 Å². The van der Waals surface area contributed by atoms with E-state index in [1.807, 2.05) is 0 Å². The lowest BCUT2D eigenvalue weighted by molar-refractivity contribution is -0.141. The van der Waals surface area contributed by atoms with Crippen LogP contribution in [-0.2, 0) is 17.9 Å². The standard InChI is InChI=1S/C15H15F6N3/c1-13(2,3)24-12(22)10(11(23-24)15(19,20)21)8-4-6-9(7-5-8)14(16,17)18/h4-7H,22H2,1-3H3. The van der Waals surface area contributed by atoms with E-state index in [1.54, 1.807) is 20.8 Å². The molecule has 0 amide bonds. The summed E-state index contributed by atoms with van der Waals surface area (Å²) in [6, 6.07) is 3.34. The number of nitrogen functional groups attached to an aromatic ring is 1. The zero-order valence-electron chi connectivity index (χ0n) is 13.0. The van der Waals surface area contributed by atoms with Crippen LogP contribution in [-0.4, -0.2) is 9.78 Å². The first kappa shape index (κ1) is 18.2. The van der Waals surface area contributed by atoms with Crippen LogP contribution in [0.25, 0.3) is 11.1 Å². The molecule has 1 aromatic carbocycles. The van der Waals surface area contributed by atoms with Gasteiger partial charge in [0.2, 0.25) is 0 Å². The highest BCUT2D eigenvalue weighted by molar-refractivity contribution is 5.77. The van der Waals surface area contributed by atoms with Crippen LogP contribution < -0.4 is 5.73 Å². The molecule has 2 aromatic rings. The molecule has 0 radical (unpaired) electrons. The first-order valence-electron chi connectivity index (χ1n) is 6.86. The summed E-state index contributed by atoms with van der Waals surface area (Å²) in [6.45, 7) is 4.85. The molecule has 24 heavy (non-hydrogen) atoms. The lowest BCUT2D eigenvalue weighted by Gasteiger charge is -2.21. The van der Waals surface area contributed by atoms with Crippen LogP contribution >= 0.6 is 0 Å². The Morgan fingerprint density at radius 3 is 1.75 bits per heavy atom. The molecular weight excluding hydrogens is 336 g/mol. The molecule has 3 nitrogen and oxygen atoms in total. The molecule has 0 unspecified atom stereocenters. The molecule has 0 atom stereocenters. The lowest BCUT2D eigenvalue weighted by Crippen LogP contribution is -2.25. The Kier molecular flexibility index (Phi) is 4.10. The number of rotatable bonds is 1. The van der Waals surface area contributed by atoms with Crippen molar-refractivity contribution in [3.63, 3.8) is 0 Å². The Labute approximate surface area is 134 Å². The second-order valence-corrected chi connectivity index (χ2v) is 6.26. The molecule has 0 fully saturated rings. The molecule has 2 N–H and O–H groups in total. The third-order valence-electron chi connectivity index (χ3n) is 3.33. The number of benzene rings is 1. The van der Waals surface area contributed by atoms with E-state index in [2.05, 4.69) is 5.10 Å². The van der Waals surface area contributed by atoms with Gasteiger partial charge in [0.1, 0.15) is 5.82 Å². The highest BCUT2D eigenvalue weighted by Gasteiger charge is 2.41. The summed E-state index contributed by atoms with van der Waals surface area (Å²) in [5, 5.41) is 3.54. The van der Waals surface area contributed by atoms with Crippen LogP contribution in [0.5, 0.6) is 0 Å². The molecule has 0 spiro atoms. The molecule has 0 saturated heterocycles. The average Bonchev–Trinajstić information content (AvgIpc) is 2.75. The number of hydrogen-bond acceptors (Lipinski definition) is 2. The van der Waals surface area contributed by atoms with Gasteiger partial charge < -0.3 is 5.73 Å². The Morgan fingerprint density at radius 1 is 0.875 bits per heavy atom. The van der Waals surface area contributed by atoms with Crippen molar-refractivity contribution in [3.8, 4) is 11.1 Å². The highest BCUT2D eigenvalue weighted by Crippen LogP contribution is 2.42. The molecule has 1 aromatic heterocycles. The van der Waals surface area contributed by atoms with Crippen molar-refractivity contribution >= 4 is 5.82 Å². The zero-order chi connectivity index (χ0) is 18.5. The molecule has 0 bridgehead atoms. The SMILES string of the molecule is CC(C)(C)n1nc(C(F)(F)F)c(-c2ccc(C(F)(F)F)cc2)c1N. The van der Waals surface area contributed by atoms with Crippen molar-refractivity contribution in [2.45, 2.75) is 38.7 Å². The second-order valence-electron chi connectivity index (χ2n) is 6.26. The molecule has 0 aliphatic heterocycles. The number of nitrogens with zero attached hydrogens (tertiary/aromatic N) is 2. The number of anilines is 1. The maximum atomic E-state index is 13.3. The first-order valence-corrected chi connectivity index (χ1v) is 6.86. The maximum absolute atomic E-state index is 13.3. The molecule has 2 rings (SSSR count). The lowest BCUT2D eigenvalue weighted by atomic mass is 10.0. The van der Waals surface area contributed by atoms with Crippen molar-refractivity contribution in [2.75, 3.05) is 5.73 Å². The Bertz CT molecular complexity index is 733. The molecule has 1 heterocycles. The van der Waals surface area contributed by atoms with Gasteiger partial charge >= 0.3 is 12.4 Å². The van der Waals surface area contributed by atoms with Gasteiger partial charge in [-0.25, -0.2) is 4.68 Å². The monoisotopic (exact) mass is 351 g/mol. The van der Waals surface area contributed by atoms with Crippen LogP contribution in [0.2, 0.25) is 0 Å². The van der Waals surface area contributed by atoms with Gasteiger partial charge in [-0.3, -0.25) is 0 Å². The van der Waals surface area contributed by atoms with Gasteiger partial charge in [-0.1, -0.05) is 12.1 Å². The second kappa shape index (κ2) is 5.42. The number of alkyl halides is 6. The van der Waals surface area contributed by atoms with E-state index in [-0.39, 0.29) is 11.4 Å². The molecule has 0 saturated carbocycles. The Morgan fingerprint density at radius 2 is 1.38 bits per heavy atom. The van der Waals surface area contributed by atoms with E-state index in [9.17, 15) is 26.3 Å². The third-order valence-corrected chi connectivity index (χ3v) is 3.33. The number of aromatic nitrogens is 2. The van der Waals surface area contributed by atoms with Crippen molar-refractivity contribution in [1.29, 1.82) is 0 Å². The van der Waals surface area contributed by atoms with Gasteiger partial charge in [0, 0.05) is 0 Å². The van der Waals surface area contributed by atoms with E-state index in [1.165, 1.54) is 0 Å². The quantitative estimate of drug-likeness (QED) is 0.741. The Balaban J connectivity index is 2.67. The topological polar surface area (TPSA) is 43.8 Å². The van der Waals surface area contributed by atoms with E-state index >= 15 is 0 Å². The average molecular weight is 351 g/mol. The van der Waals surface area contributed by atoms with Crippen molar-refractivity contribution in [1.82, 2.24) is 9.78 Å². The predicted octanol–water partition coefficient (Wildman–Crippen LogP) is 4.92.